The van der Waals surface area contributed by atoms with Gasteiger partial charge in [-0.3, -0.25) is 9.78 Å². The monoisotopic (exact) mass is 320 g/mol. The first kappa shape index (κ1) is 14.4. The highest BCUT2D eigenvalue weighted by atomic mass is 16.1. The minimum Gasteiger partial charge on any atom is -0.364 e. The van der Waals surface area contributed by atoms with E-state index in [1.807, 2.05) is 36.4 Å². The number of amides is 1. The molecule has 0 bridgehead atoms. The third kappa shape index (κ3) is 2.50. The summed E-state index contributed by atoms with van der Waals surface area (Å²) in [6.07, 6.45) is 1.60. The number of benzene rings is 1. The minimum atomic E-state index is -0.525. The van der Waals surface area contributed by atoms with Crippen molar-refractivity contribution in [1.82, 2.24) is 19.7 Å². The zero-order valence-corrected chi connectivity index (χ0v) is 13.0. The Labute approximate surface area is 138 Å². The number of carbonyl (C=O) groups excluding carboxylic acids is 1. The van der Waals surface area contributed by atoms with Crippen molar-refractivity contribution in [3.63, 3.8) is 0 Å². The molecule has 4 rings (SSSR count). The molecule has 24 heavy (non-hydrogen) atoms. The summed E-state index contributed by atoms with van der Waals surface area (Å²) in [6.45, 7) is 2.20. The number of nitrogens with two attached hydrogens (primary N) is 1. The molecule has 0 saturated carbocycles. The van der Waals surface area contributed by atoms with E-state index in [1.165, 1.54) is 0 Å². The maximum Gasteiger partial charge on any atom is 0.267 e. The second-order valence-electron chi connectivity index (χ2n) is 5.64. The summed E-state index contributed by atoms with van der Waals surface area (Å²) in [5.41, 5.74) is 7.55. The molecule has 0 atom stereocenters. The van der Waals surface area contributed by atoms with Gasteiger partial charge in [0, 0.05) is 30.5 Å². The lowest BCUT2D eigenvalue weighted by Crippen LogP contribution is -2.34. The number of carbonyl (C=O) groups is 1. The molecule has 2 N–H and O–H groups in total. The number of hydrogen-bond donors (Lipinski definition) is 1. The van der Waals surface area contributed by atoms with Crippen molar-refractivity contribution >= 4 is 11.6 Å². The van der Waals surface area contributed by atoms with Crippen LogP contribution in [-0.4, -0.2) is 32.2 Å². The highest BCUT2D eigenvalue weighted by Gasteiger charge is 2.22. The molecule has 0 fully saturated rings. The number of pyridine rings is 1. The number of rotatable bonds is 3. The van der Waals surface area contributed by atoms with Gasteiger partial charge in [-0.25, -0.2) is 0 Å². The van der Waals surface area contributed by atoms with Gasteiger partial charge in [0.1, 0.15) is 5.69 Å². The molecule has 0 unspecified atom stereocenters. The summed E-state index contributed by atoms with van der Waals surface area (Å²) in [5, 5.41) is 8.67. The molecule has 3 aromatic rings. The van der Waals surface area contributed by atoms with E-state index in [-0.39, 0.29) is 5.69 Å². The van der Waals surface area contributed by atoms with Gasteiger partial charge in [0.25, 0.3) is 5.91 Å². The Morgan fingerprint density at radius 3 is 2.71 bits per heavy atom. The van der Waals surface area contributed by atoms with Gasteiger partial charge >= 0.3 is 0 Å². The number of aromatic nitrogens is 4. The van der Waals surface area contributed by atoms with Crippen LogP contribution in [0.15, 0.2) is 48.7 Å². The fraction of sp³-hybridized carbons (Fsp3) is 0.176. The Balaban J connectivity index is 1.62. The molecule has 1 amide bonds. The first-order valence-corrected chi connectivity index (χ1v) is 7.70. The normalized spacial score (nSPS) is 13.6. The molecule has 0 radical (unpaired) electrons. The number of nitrogens with zero attached hydrogens (tertiary/aromatic N) is 5. The molecule has 1 aromatic carbocycles. The van der Waals surface area contributed by atoms with E-state index in [9.17, 15) is 4.79 Å². The molecule has 120 valence electrons. The molecule has 0 aliphatic carbocycles. The van der Waals surface area contributed by atoms with Crippen molar-refractivity contribution in [1.29, 1.82) is 0 Å². The molecule has 0 spiro atoms. The van der Waals surface area contributed by atoms with E-state index >= 15 is 0 Å². The predicted octanol–water partition coefficient (Wildman–Crippen LogP) is 1.46. The fourth-order valence-electron chi connectivity index (χ4n) is 2.93. The average Bonchev–Trinajstić information content (AvgIpc) is 3.05. The summed E-state index contributed by atoms with van der Waals surface area (Å²) < 4.78 is 2.14. The van der Waals surface area contributed by atoms with Crippen molar-refractivity contribution in [3.05, 3.63) is 60.2 Å². The first-order valence-electron chi connectivity index (χ1n) is 7.70. The molecular formula is C17H16N6O. The zero-order valence-electron chi connectivity index (χ0n) is 13.0. The molecule has 1 aliphatic heterocycles. The SMILES string of the molecule is NC(=O)c1cc(N2CCn3c(nnc3-c3ccccc3)C2)ccn1. The largest absolute Gasteiger partial charge is 0.364 e. The van der Waals surface area contributed by atoms with Gasteiger partial charge in [-0.1, -0.05) is 30.3 Å². The summed E-state index contributed by atoms with van der Waals surface area (Å²) in [6, 6.07) is 13.6. The predicted molar refractivity (Wildman–Crippen MR) is 89.3 cm³/mol. The van der Waals surface area contributed by atoms with Gasteiger partial charge in [-0.05, 0) is 12.1 Å². The molecule has 3 heterocycles. The van der Waals surface area contributed by atoms with Crippen molar-refractivity contribution in [3.8, 4) is 11.4 Å². The van der Waals surface area contributed by atoms with Crippen LogP contribution in [0.25, 0.3) is 11.4 Å². The molecule has 7 heteroatoms. The molecule has 1 aliphatic rings. The quantitative estimate of drug-likeness (QED) is 0.789. The average molecular weight is 320 g/mol. The van der Waals surface area contributed by atoms with Gasteiger partial charge < -0.3 is 15.2 Å². The lowest BCUT2D eigenvalue weighted by molar-refractivity contribution is 0.0995. The lowest BCUT2D eigenvalue weighted by Gasteiger charge is -2.29. The van der Waals surface area contributed by atoms with Gasteiger partial charge in [0.05, 0.1) is 6.54 Å². The third-order valence-electron chi connectivity index (χ3n) is 4.15. The third-order valence-corrected chi connectivity index (χ3v) is 4.15. The van der Waals surface area contributed by atoms with Gasteiger partial charge in [-0.2, -0.15) is 0 Å². The molecule has 7 nitrogen and oxygen atoms in total. The van der Waals surface area contributed by atoms with E-state index in [2.05, 4.69) is 24.6 Å². The van der Waals surface area contributed by atoms with E-state index in [4.69, 9.17) is 5.73 Å². The van der Waals surface area contributed by atoms with E-state index < -0.39 is 5.91 Å². The highest BCUT2D eigenvalue weighted by Crippen LogP contribution is 2.24. The first-order chi connectivity index (χ1) is 11.7. The van der Waals surface area contributed by atoms with E-state index in [0.29, 0.717) is 6.54 Å². The van der Waals surface area contributed by atoms with E-state index in [0.717, 1.165) is 36.0 Å². The Morgan fingerprint density at radius 2 is 1.92 bits per heavy atom. The summed E-state index contributed by atoms with van der Waals surface area (Å²) in [7, 11) is 0. The van der Waals surface area contributed by atoms with Crippen LogP contribution in [0.5, 0.6) is 0 Å². The standard InChI is InChI=1S/C17H16N6O/c18-16(24)14-10-13(6-7-19-14)22-8-9-23-15(11-22)20-21-17(23)12-4-2-1-3-5-12/h1-7,10H,8-9,11H2,(H2,18,24). The van der Waals surface area contributed by atoms with Crippen LogP contribution in [-0.2, 0) is 13.1 Å². The maximum absolute atomic E-state index is 11.3. The maximum atomic E-state index is 11.3. The van der Waals surface area contributed by atoms with Crippen LogP contribution in [0.1, 0.15) is 16.3 Å². The molecule has 2 aromatic heterocycles. The Kier molecular flexibility index (Phi) is 3.45. The zero-order chi connectivity index (χ0) is 16.5. The van der Waals surface area contributed by atoms with Crippen LogP contribution in [0.2, 0.25) is 0 Å². The Hall–Kier alpha value is -3.22. The van der Waals surface area contributed by atoms with Crippen molar-refractivity contribution in [2.24, 2.45) is 5.73 Å². The van der Waals surface area contributed by atoms with Crippen molar-refractivity contribution in [2.75, 3.05) is 11.4 Å². The van der Waals surface area contributed by atoms with Crippen LogP contribution >= 0.6 is 0 Å². The second kappa shape index (κ2) is 5.77. The Morgan fingerprint density at radius 1 is 1.08 bits per heavy atom. The number of anilines is 1. The van der Waals surface area contributed by atoms with Crippen LogP contribution < -0.4 is 10.6 Å². The smallest absolute Gasteiger partial charge is 0.267 e. The van der Waals surface area contributed by atoms with Gasteiger partial charge in [0.15, 0.2) is 11.6 Å². The number of primary amides is 1. The summed E-state index contributed by atoms with van der Waals surface area (Å²) in [5.74, 6) is 1.26. The van der Waals surface area contributed by atoms with Gasteiger partial charge in [0.2, 0.25) is 0 Å². The van der Waals surface area contributed by atoms with Crippen LogP contribution in [0, 0.1) is 0 Å². The second-order valence-corrected chi connectivity index (χ2v) is 5.64. The van der Waals surface area contributed by atoms with Gasteiger partial charge in [-0.15, -0.1) is 10.2 Å². The number of fused-ring (bicyclic) bond motifs is 1. The summed E-state index contributed by atoms with van der Waals surface area (Å²) in [4.78, 5) is 17.4. The topological polar surface area (TPSA) is 89.9 Å². The van der Waals surface area contributed by atoms with Crippen molar-refractivity contribution < 1.29 is 4.79 Å². The highest BCUT2D eigenvalue weighted by molar-refractivity contribution is 5.91. The lowest BCUT2D eigenvalue weighted by atomic mass is 10.2. The molecule has 0 saturated heterocycles. The minimum absolute atomic E-state index is 0.268. The number of hydrogen-bond acceptors (Lipinski definition) is 5. The molecular weight excluding hydrogens is 304 g/mol. The van der Waals surface area contributed by atoms with Crippen LogP contribution in [0.4, 0.5) is 5.69 Å². The summed E-state index contributed by atoms with van der Waals surface area (Å²) >= 11 is 0. The van der Waals surface area contributed by atoms with Crippen molar-refractivity contribution in [2.45, 2.75) is 13.1 Å². The Bertz CT molecular complexity index is 889. The van der Waals surface area contributed by atoms with E-state index in [1.54, 1.807) is 12.3 Å². The fourth-order valence-corrected chi connectivity index (χ4v) is 2.93. The van der Waals surface area contributed by atoms with Crippen LogP contribution in [0.3, 0.4) is 0 Å².